The van der Waals surface area contributed by atoms with Crippen LogP contribution in [0.2, 0.25) is 0 Å². The standard InChI is InChI=1S/C27H35N7O6S/c1-18-5-8-23(9-6-18)41(38,39)32(4)14-25-19(2)13-34(20(3)16-35)27(37)12-21-11-22(7-10-24(21)40-25)29-26(36)15-33-17-28-30-31-33/h5-11,17,19-20,25,35H,12-16H2,1-4H3,(H,29,36)/t19-,20+,25-/m0/s1. The molecule has 1 aliphatic rings. The highest BCUT2D eigenvalue weighted by Crippen LogP contribution is 2.30. The van der Waals surface area contributed by atoms with Crippen molar-refractivity contribution in [1.29, 1.82) is 0 Å². The van der Waals surface area contributed by atoms with E-state index in [1.54, 1.807) is 54.3 Å². The minimum atomic E-state index is -3.80. The third-order valence-electron chi connectivity index (χ3n) is 7.06. The molecule has 0 saturated carbocycles. The molecule has 4 rings (SSSR count). The van der Waals surface area contributed by atoms with Crippen LogP contribution in [0.5, 0.6) is 5.75 Å². The normalized spacial score (nSPS) is 18.6. The zero-order valence-corrected chi connectivity index (χ0v) is 24.3. The lowest BCUT2D eigenvalue weighted by Gasteiger charge is -2.33. The van der Waals surface area contributed by atoms with E-state index in [0.717, 1.165) is 5.56 Å². The van der Waals surface area contributed by atoms with E-state index in [0.29, 0.717) is 17.0 Å². The van der Waals surface area contributed by atoms with Crippen molar-refractivity contribution in [3.63, 3.8) is 0 Å². The maximum atomic E-state index is 13.4. The molecule has 0 unspecified atom stereocenters. The van der Waals surface area contributed by atoms with Gasteiger partial charge in [0, 0.05) is 30.8 Å². The van der Waals surface area contributed by atoms with Crippen molar-refractivity contribution >= 4 is 27.5 Å². The van der Waals surface area contributed by atoms with Gasteiger partial charge in [-0.05, 0) is 54.6 Å². The molecule has 220 valence electrons. The van der Waals surface area contributed by atoms with Crippen LogP contribution >= 0.6 is 0 Å². The topological polar surface area (TPSA) is 160 Å². The second-order valence-electron chi connectivity index (χ2n) is 10.4. The van der Waals surface area contributed by atoms with Crippen LogP contribution in [-0.2, 0) is 32.6 Å². The molecule has 0 bridgehead atoms. The monoisotopic (exact) mass is 585 g/mol. The lowest BCUT2D eigenvalue weighted by Crippen LogP contribution is -2.48. The summed E-state index contributed by atoms with van der Waals surface area (Å²) < 4.78 is 35.6. The average molecular weight is 586 g/mol. The number of rotatable bonds is 9. The second-order valence-corrected chi connectivity index (χ2v) is 12.4. The van der Waals surface area contributed by atoms with Crippen LogP contribution in [0, 0.1) is 12.8 Å². The van der Waals surface area contributed by atoms with E-state index in [-0.39, 0.29) is 55.3 Å². The summed E-state index contributed by atoms with van der Waals surface area (Å²) in [7, 11) is -2.30. The molecule has 41 heavy (non-hydrogen) atoms. The number of aromatic nitrogens is 4. The number of sulfonamides is 1. The van der Waals surface area contributed by atoms with Gasteiger partial charge in [0.1, 0.15) is 24.7 Å². The number of anilines is 1. The average Bonchev–Trinajstić information content (AvgIpc) is 3.45. The number of carbonyl (C=O) groups excluding carboxylic acids is 2. The highest BCUT2D eigenvalue weighted by atomic mass is 32.2. The largest absolute Gasteiger partial charge is 0.488 e. The zero-order valence-electron chi connectivity index (χ0n) is 23.5. The number of aryl methyl sites for hydroxylation is 1. The molecule has 1 aliphatic heterocycles. The first-order chi connectivity index (χ1) is 19.5. The van der Waals surface area contributed by atoms with Crippen molar-refractivity contribution in [3.8, 4) is 5.75 Å². The van der Waals surface area contributed by atoms with Crippen LogP contribution in [0.1, 0.15) is 25.0 Å². The van der Waals surface area contributed by atoms with Gasteiger partial charge in [-0.1, -0.05) is 24.6 Å². The first-order valence-corrected chi connectivity index (χ1v) is 14.7. The van der Waals surface area contributed by atoms with Crippen molar-refractivity contribution < 1.29 is 27.9 Å². The number of hydrogen-bond acceptors (Lipinski definition) is 9. The van der Waals surface area contributed by atoms with E-state index in [4.69, 9.17) is 4.74 Å². The SMILES string of the molecule is Cc1ccc(S(=O)(=O)N(C)C[C@@H]2Oc3ccc(NC(=O)Cn4cnnn4)cc3CC(=O)N([C@H](C)CO)C[C@@H]2C)cc1. The smallest absolute Gasteiger partial charge is 0.246 e. The lowest BCUT2D eigenvalue weighted by molar-refractivity contribution is -0.134. The number of nitrogens with one attached hydrogen (secondary N) is 1. The van der Waals surface area contributed by atoms with Gasteiger partial charge in [-0.2, -0.15) is 4.31 Å². The number of benzene rings is 2. The Balaban J connectivity index is 1.62. The first kappa shape index (κ1) is 30.1. The Bertz CT molecular complexity index is 1460. The van der Waals surface area contributed by atoms with Gasteiger partial charge in [0.15, 0.2) is 0 Å². The van der Waals surface area contributed by atoms with E-state index in [1.165, 1.54) is 22.4 Å². The third kappa shape index (κ3) is 7.26. The Labute approximate surface area is 239 Å². The lowest BCUT2D eigenvalue weighted by atomic mass is 10.0. The van der Waals surface area contributed by atoms with E-state index in [1.807, 2.05) is 13.8 Å². The molecule has 2 aromatic carbocycles. The summed E-state index contributed by atoms with van der Waals surface area (Å²) in [4.78, 5) is 27.7. The highest BCUT2D eigenvalue weighted by molar-refractivity contribution is 7.89. The number of aliphatic hydroxyl groups is 1. The van der Waals surface area contributed by atoms with Gasteiger partial charge in [-0.15, -0.1) is 5.10 Å². The summed E-state index contributed by atoms with van der Waals surface area (Å²) in [6, 6.07) is 11.2. The maximum absolute atomic E-state index is 13.4. The Hall–Kier alpha value is -3.88. The molecule has 2 heterocycles. The molecule has 3 aromatic rings. The number of fused-ring (bicyclic) bond motifs is 1. The molecule has 13 nitrogen and oxygen atoms in total. The van der Waals surface area contributed by atoms with Crippen LogP contribution in [0.15, 0.2) is 53.7 Å². The summed E-state index contributed by atoms with van der Waals surface area (Å²) in [5.74, 6) is -0.460. The number of nitrogens with zero attached hydrogens (tertiary/aromatic N) is 6. The van der Waals surface area contributed by atoms with Crippen LogP contribution < -0.4 is 10.1 Å². The van der Waals surface area contributed by atoms with E-state index in [9.17, 15) is 23.1 Å². The van der Waals surface area contributed by atoms with E-state index in [2.05, 4.69) is 20.8 Å². The summed E-state index contributed by atoms with van der Waals surface area (Å²) >= 11 is 0. The second kappa shape index (κ2) is 12.7. The first-order valence-electron chi connectivity index (χ1n) is 13.2. The minimum Gasteiger partial charge on any atom is -0.488 e. The fourth-order valence-corrected chi connectivity index (χ4v) is 5.75. The Kier molecular flexibility index (Phi) is 9.35. The van der Waals surface area contributed by atoms with Crippen LogP contribution in [0.4, 0.5) is 5.69 Å². The predicted molar refractivity (Wildman–Crippen MR) is 149 cm³/mol. The number of carbonyl (C=O) groups is 2. The van der Waals surface area contributed by atoms with Gasteiger partial charge >= 0.3 is 0 Å². The highest BCUT2D eigenvalue weighted by Gasteiger charge is 2.33. The zero-order chi connectivity index (χ0) is 29.7. The van der Waals surface area contributed by atoms with E-state index < -0.39 is 22.2 Å². The minimum absolute atomic E-state index is 0.0246. The molecule has 2 amide bonds. The summed E-state index contributed by atoms with van der Waals surface area (Å²) in [6.07, 6.45) is 0.663. The molecule has 0 spiro atoms. The predicted octanol–water partition coefficient (Wildman–Crippen LogP) is 1.09. The molecule has 2 N–H and O–H groups in total. The number of hydrogen-bond donors (Lipinski definition) is 2. The van der Waals surface area contributed by atoms with Crippen LogP contribution in [-0.4, -0.2) is 93.6 Å². The fraction of sp³-hybridized carbons (Fsp3) is 0.444. The van der Waals surface area contributed by atoms with Crippen LogP contribution in [0.25, 0.3) is 0 Å². The summed E-state index contributed by atoms with van der Waals surface area (Å²) in [6.45, 7) is 5.48. The Morgan fingerprint density at radius 1 is 1.24 bits per heavy atom. The number of tetrazole rings is 1. The van der Waals surface area contributed by atoms with Crippen molar-refractivity contribution in [3.05, 3.63) is 59.9 Å². The Morgan fingerprint density at radius 3 is 2.63 bits per heavy atom. The quantitative estimate of drug-likeness (QED) is 0.375. The fourth-order valence-electron chi connectivity index (χ4n) is 4.57. The van der Waals surface area contributed by atoms with Crippen molar-refractivity contribution in [1.82, 2.24) is 29.4 Å². The molecule has 3 atom stereocenters. The van der Waals surface area contributed by atoms with Crippen molar-refractivity contribution in [2.24, 2.45) is 5.92 Å². The van der Waals surface area contributed by atoms with Gasteiger partial charge in [0.2, 0.25) is 21.8 Å². The molecule has 0 saturated heterocycles. The van der Waals surface area contributed by atoms with Gasteiger partial charge in [0.05, 0.1) is 30.5 Å². The van der Waals surface area contributed by atoms with Gasteiger partial charge in [-0.25, -0.2) is 13.1 Å². The van der Waals surface area contributed by atoms with Crippen molar-refractivity contribution in [2.45, 2.75) is 50.8 Å². The van der Waals surface area contributed by atoms with Gasteiger partial charge in [-0.3, -0.25) is 9.59 Å². The molecule has 0 fully saturated rings. The van der Waals surface area contributed by atoms with Gasteiger partial charge < -0.3 is 20.1 Å². The van der Waals surface area contributed by atoms with Crippen LogP contribution in [0.3, 0.4) is 0 Å². The number of likely N-dealkylation sites (N-methyl/N-ethyl adjacent to an activating group) is 1. The van der Waals surface area contributed by atoms with E-state index >= 15 is 0 Å². The summed E-state index contributed by atoms with van der Waals surface area (Å²) in [5, 5.41) is 23.3. The molecule has 0 aliphatic carbocycles. The van der Waals surface area contributed by atoms with Crippen molar-refractivity contribution in [2.75, 3.05) is 32.1 Å². The molecule has 14 heteroatoms. The number of aliphatic hydroxyl groups excluding tert-OH is 1. The van der Waals surface area contributed by atoms with Gasteiger partial charge in [0.25, 0.3) is 0 Å². The number of ether oxygens (including phenoxy) is 1. The summed E-state index contributed by atoms with van der Waals surface area (Å²) in [5.41, 5.74) is 1.92. The Morgan fingerprint density at radius 2 is 1.98 bits per heavy atom. The maximum Gasteiger partial charge on any atom is 0.246 e. The third-order valence-corrected chi connectivity index (χ3v) is 8.90. The molecular formula is C27H35N7O6S. The number of amides is 2. The molecule has 1 aromatic heterocycles. The molecule has 0 radical (unpaired) electrons. The molecular weight excluding hydrogens is 550 g/mol.